The Labute approximate surface area is 124 Å². The molecular weight excluding hydrogens is 266 g/mol. The van der Waals surface area contributed by atoms with Gasteiger partial charge in [-0.1, -0.05) is 29.8 Å². The van der Waals surface area contributed by atoms with Gasteiger partial charge in [-0.3, -0.25) is 4.79 Å². The van der Waals surface area contributed by atoms with Crippen LogP contribution in [0.25, 0.3) is 0 Å². The molecule has 0 saturated heterocycles. The fourth-order valence-corrected chi connectivity index (χ4v) is 1.90. The first-order chi connectivity index (χ1) is 10.1. The van der Waals surface area contributed by atoms with E-state index in [1.54, 1.807) is 25.2 Å². The first-order valence-corrected chi connectivity index (χ1v) is 6.81. The van der Waals surface area contributed by atoms with Crippen LogP contribution < -0.4 is 4.74 Å². The summed E-state index contributed by atoms with van der Waals surface area (Å²) in [6.45, 7) is 2.86. The highest BCUT2D eigenvalue weighted by Crippen LogP contribution is 2.17. The molecular formula is C17H19NO3. The maximum atomic E-state index is 12.2. The third-order valence-electron chi connectivity index (χ3n) is 3.20. The summed E-state index contributed by atoms with van der Waals surface area (Å²) in [6.07, 6.45) is 0. The maximum absolute atomic E-state index is 12.2. The lowest BCUT2D eigenvalue weighted by Crippen LogP contribution is -2.30. The van der Waals surface area contributed by atoms with Gasteiger partial charge < -0.3 is 14.7 Å². The number of rotatable bonds is 5. The Morgan fingerprint density at radius 3 is 2.48 bits per heavy atom. The van der Waals surface area contributed by atoms with Gasteiger partial charge in [-0.2, -0.15) is 0 Å². The van der Waals surface area contributed by atoms with E-state index >= 15 is 0 Å². The molecule has 2 aromatic rings. The summed E-state index contributed by atoms with van der Waals surface area (Å²) in [5, 5.41) is 9.68. The van der Waals surface area contributed by atoms with Crippen LogP contribution >= 0.6 is 0 Å². The summed E-state index contributed by atoms with van der Waals surface area (Å²) in [5.41, 5.74) is 1.48. The van der Waals surface area contributed by atoms with Crippen molar-refractivity contribution < 1.29 is 14.6 Å². The number of hydrogen-bond donors (Lipinski definition) is 1. The summed E-state index contributed by atoms with van der Waals surface area (Å²) in [4.78, 5) is 13.7. The highest BCUT2D eigenvalue weighted by atomic mass is 16.5. The minimum Gasteiger partial charge on any atom is -0.507 e. The van der Waals surface area contributed by atoms with E-state index in [0.717, 1.165) is 5.75 Å². The molecule has 1 amide bonds. The second kappa shape index (κ2) is 6.79. The molecule has 2 aromatic carbocycles. The quantitative estimate of drug-likeness (QED) is 0.919. The van der Waals surface area contributed by atoms with E-state index in [9.17, 15) is 9.90 Å². The molecule has 110 valence electrons. The Hall–Kier alpha value is -2.49. The van der Waals surface area contributed by atoms with Gasteiger partial charge >= 0.3 is 0 Å². The fraction of sp³-hybridized carbons (Fsp3) is 0.235. The molecule has 4 heteroatoms. The average molecular weight is 285 g/mol. The van der Waals surface area contributed by atoms with Crippen molar-refractivity contribution in [2.45, 2.75) is 6.92 Å². The van der Waals surface area contributed by atoms with E-state index in [1.807, 2.05) is 31.2 Å². The number of phenolic OH excluding ortho intramolecular Hbond substituents is 1. The number of benzene rings is 2. The van der Waals surface area contributed by atoms with Crippen molar-refractivity contribution in [3.63, 3.8) is 0 Å². The molecule has 4 nitrogen and oxygen atoms in total. The van der Waals surface area contributed by atoms with Crippen molar-refractivity contribution in [1.82, 2.24) is 4.90 Å². The van der Waals surface area contributed by atoms with E-state index in [1.165, 1.54) is 16.5 Å². The Bertz CT molecular complexity index is 608. The monoisotopic (exact) mass is 285 g/mol. The highest BCUT2D eigenvalue weighted by Gasteiger charge is 2.14. The predicted octanol–water partition coefficient (Wildman–Crippen LogP) is 2.85. The Kier molecular flexibility index (Phi) is 4.82. The number of carbonyl (C=O) groups excluding carboxylic acids is 1. The van der Waals surface area contributed by atoms with Crippen molar-refractivity contribution >= 4 is 5.91 Å². The molecule has 0 atom stereocenters. The van der Waals surface area contributed by atoms with Crippen LogP contribution in [-0.2, 0) is 0 Å². The van der Waals surface area contributed by atoms with Crippen LogP contribution in [0.2, 0.25) is 0 Å². The zero-order chi connectivity index (χ0) is 15.2. The van der Waals surface area contributed by atoms with Crippen LogP contribution in [0, 0.1) is 6.92 Å². The zero-order valence-corrected chi connectivity index (χ0v) is 12.2. The molecule has 0 aliphatic rings. The highest BCUT2D eigenvalue weighted by molar-refractivity contribution is 5.96. The summed E-state index contributed by atoms with van der Waals surface area (Å²) in [5.74, 6) is 0.554. The number of phenols is 1. The number of ether oxygens (including phenoxy) is 1. The molecule has 2 rings (SSSR count). The number of carbonyl (C=O) groups is 1. The molecule has 0 unspecified atom stereocenters. The van der Waals surface area contributed by atoms with E-state index in [0.29, 0.717) is 18.7 Å². The van der Waals surface area contributed by atoms with Gasteiger partial charge in [0.15, 0.2) is 0 Å². The number of nitrogens with zero attached hydrogens (tertiary/aromatic N) is 1. The van der Waals surface area contributed by atoms with Gasteiger partial charge in [0.25, 0.3) is 5.91 Å². The molecule has 0 bridgehead atoms. The molecule has 0 heterocycles. The SMILES string of the molecule is Cc1ccc(OCCN(C)C(=O)c2ccccc2O)cc1. The van der Waals surface area contributed by atoms with Crippen LogP contribution in [0.1, 0.15) is 15.9 Å². The van der Waals surface area contributed by atoms with Crippen molar-refractivity contribution in [3.05, 3.63) is 59.7 Å². The standard InChI is InChI=1S/C17H19NO3/c1-13-7-9-14(10-8-13)21-12-11-18(2)17(20)15-5-3-4-6-16(15)19/h3-10,19H,11-12H2,1-2H3. The summed E-state index contributed by atoms with van der Waals surface area (Å²) < 4.78 is 5.59. The van der Waals surface area contributed by atoms with Gasteiger partial charge in [0, 0.05) is 7.05 Å². The molecule has 0 saturated carbocycles. The lowest BCUT2D eigenvalue weighted by molar-refractivity contribution is 0.0771. The van der Waals surface area contributed by atoms with E-state index in [2.05, 4.69) is 0 Å². The number of para-hydroxylation sites is 1. The van der Waals surface area contributed by atoms with Crippen molar-refractivity contribution in [2.24, 2.45) is 0 Å². The number of likely N-dealkylation sites (N-methyl/N-ethyl adjacent to an activating group) is 1. The molecule has 0 radical (unpaired) electrons. The molecule has 0 spiro atoms. The smallest absolute Gasteiger partial charge is 0.257 e. The van der Waals surface area contributed by atoms with Crippen LogP contribution in [0.15, 0.2) is 48.5 Å². The lowest BCUT2D eigenvalue weighted by Gasteiger charge is -2.18. The number of aromatic hydroxyl groups is 1. The summed E-state index contributed by atoms with van der Waals surface area (Å²) in [6, 6.07) is 14.3. The molecule has 1 N–H and O–H groups in total. The van der Waals surface area contributed by atoms with Crippen molar-refractivity contribution in [3.8, 4) is 11.5 Å². The average Bonchev–Trinajstić information content (AvgIpc) is 2.49. The van der Waals surface area contributed by atoms with E-state index in [-0.39, 0.29) is 11.7 Å². The predicted molar refractivity (Wildman–Crippen MR) is 81.7 cm³/mol. The van der Waals surface area contributed by atoms with Crippen molar-refractivity contribution in [1.29, 1.82) is 0 Å². The van der Waals surface area contributed by atoms with Crippen molar-refractivity contribution in [2.75, 3.05) is 20.2 Å². The Morgan fingerprint density at radius 2 is 1.81 bits per heavy atom. The first-order valence-electron chi connectivity index (χ1n) is 6.81. The minimum atomic E-state index is -0.222. The summed E-state index contributed by atoms with van der Waals surface area (Å²) >= 11 is 0. The zero-order valence-electron chi connectivity index (χ0n) is 12.2. The summed E-state index contributed by atoms with van der Waals surface area (Å²) in [7, 11) is 1.69. The van der Waals surface area contributed by atoms with Crippen LogP contribution in [0.3, 0.4) is 0 Å². The van der Waals surface area contributed by atoms with Gasteiger partial charge in [-0.05, 0) is 31.2 Å². The van der Waals surface area contributed by atoms with E-state index < -0.39 is 0 Å². The Balaban J connectivity index is 1.87. The largest absolute Gasteiger partial charge is 0.507 e. The number of aryl methyl sites for hydroxylation is 1. The van der Waals surface area contributed by atoms with Gasteiger partial charge in [0.2, 0.25) is 0 Å². The van der Waals surface area contributed by atoms with E-state index in [4.69, 9.17) is 4.74 Å². The third-order valence-corrected chi connectivity index (χ3v) is 3.20. The molecule has 0 aliphatic heterocycles. The third kappa shape index (κ3) is 3.99. The number of amides is 1. The topological polar surface area (TPSA) is 49.8 Å². The molecule has 0 aliphatic carbocycles. The van der Waals surface area contributed by atoms with Gasteiger partial charge in [0.1, 0.15) is 18.1 Å². The molecule has 21 heavy (non-hydrogen) atoms. The second-order valence-corrected chi connectivity index (χ2v) is 4.91. The van der Waals surface area contributed by atoms with Gasteiger partial charge in [-0.15, -0.1) is 0 Å². The van der Waals surface area contributed by atoms with Crippen LogP contribution in [0.4, 0.5) is 0 Å². The first kappa shape index (κ1) is 14.9. The molecule has 0 aromatic heterocycles. The maximum Gasteiger partial charge on any atom is 0.257 e. The van der Waals surface area contributed by atoms with Crippen LogP contribution in [-0.4, -0.2) is 36.1 Å². The molecule has 0 fully saturated rings. The minimum absolute atomic E-state index is 0.00574. The van der Waals surface area contributed by atoms with Crippen LogP contribution in [0.5, 0.6) is 11.5 Å². The second-order valence-electron chi connectivity index (χ2n) is 4.91. The Morgan fingerprint density at radius 1 is 1.14 bits per heavy atom. The van der Waals surface area contributed by atoms with Gasteiger partial charge in [-0.25, -0.2) is 0 Å². The number of hydrogen-bond acceptors (Lipinski definition) is 3. The lowest BCUT2D eigenvalue weighted by atomic mass is 10.2. The fourth-order valence-electron chi connectivity index (χ4n) is 1.90. The normalized spacial score (nSPS) is 10.2. The van der Waals surface area contributed by atoms with Gasteiger partial charge in [0.05, 0.1) is 12.1 Å².